The predicted molar refractivity (Wildman–Crippen MR) is 92.5 cm³/mol. The summed E-state index contributed by atoms with van der Waals surface area (Å²) < 4.78 is 15.2. The van der Waals surface area contributed by atoms with Gasteiger partial charge in [0, 0.05) is 35.7 Å². The highest BCUT2D eigenvalue weighted by Crippen LogP contribution is 2.26. The van der Waals surface area contributed by atoms with Crippen LogP contribution in [0.15, 0.2) is 30.3 Å². The monoisotopic (exact) mass is 318 g/mol. The zero-order chi connectivity index (χ0) is 17.1. The summed E-state index contributed by atoms with van der Waals surface area (Å²) in [6.45, 7) is 9.90. The van der Waals surface area contributed by atoms with Crippen molar-refractivity contribution in [3.63, 3.8) is 0 Å². The van der Waals surface area contributed by atoms with Gasteiger partial charge in [0.05, 0.1) is 6.10 Å². The zero-order valence-electron chi connectivity index (χ0n) is 14.7. The first kappa shape index (κ1) is 17.7. The summed E-state index contributed by atoms with van der Waals surface area (Å²) in [4.78, 5) is 2.15. The molecule has 1 aromatic carbocycles. The number of aromatic nitrogens is 1. The minimum Gasteiger partial charge on any atom is -0.387 e. The molecule has 3 nitrogen and oxygen atoms in total. The summed E-state index contributed by atoms with van der Waals surface area (Å²) in [5, 5.41) is 10.6. The molecule has 0 aliphatic carbocycles. The van der Waals surface area contributed by atoms with Gasteiger partial charge in [0.1, 0.15) is 5.82 Å². The standard InChI is InChI=1S/C19H27FN2O/c1-13(2)11-21(5)12-19(23)18-10-14(3)22(15(18)4)17-8-6-16(20)7-9-17/h6-10,13,19,23H,11-12H2,1-5H3. The molecule has 0 saturated heterocycles. The van der Waals surface area contributed by atoms with E-state index < -0.39 is 6.10 Å². The first-order valence-electron chi connectivity index (χ1n) is 8.11. The van der Waals surface area contributed by atoms with Gasteiger partial charge in [0.15, 0.2) is 0 Å². The summed E-state index contributed by atoms with van der Waals surface area (Å²) in [6.07, 6.45) is -0.529. The maximum Gasteiger partial charge on any atom is 0.123 e. The van der Waals surface area contributed by atoms with Crippen LogP contribution in [0.4, 0.5) is 4.39 Å². The molecular weight excluding hydrogens is 291 g/mol. The van der Waals surface area contributed by atoms with E-state index >= 15 is 0 Å². The summed E-state index contributed by atoms with van der Waals surface area (Å²) >= 11 is 0. The molecule has 2 aromatic rings. The van der Waals surface area contributed by atoms with Gasteiger partial charge < -0.3 is 14.6 Å². The quantitative estimate of drug-likeness (QED) is 0.876. The molecule has 126 valence electrons. The van der Waals surface area contributed by atoms with Crippen molar-refractivity contribution >= 4 is 0 Å². The van der Waals surface area contributed by atoms with Crippen LogP contribution in [0.1, 0.15) is 36.9 Å². The van der Waals surface area contributed by atoms with Crippen molar-refractivity contribution in [2.75, 3.05) is 20.1 Å². The molecule has 2 rings (SSSR count). The Balaban J connectivity index is 2.24. The van der Waals surface area contributed by atoms with Crippen molar-refractivity contribution in [1.82, 2.24) is 9.47 Å². The van der Waals surface area contributed by atoms with E-state index in [1.54, 1.807) is 12.1 Å². The molecule has 1 heterocycles. The van der Waals surface area contributed by atoms with E-state index in [0.29, 0.717) is 12.5 Å². The number of rotatable bonds is 6. The lowest BCUT2D eigenvalue weighted by Gasteiger charge is -2.22. The molecule has 1 aromatic heterocycles. The van der Waals surface area contributed by atoms with Crippen LogP contribution in [-0.2, 0) is 0 Å². The van der Waals surface area contributed by atoms with Gasteiger partial charge in [0.25, 0.3) is 0 Å². The Morgan fingerprint density at radius 1 is 1.13 bits per heavy atom. The molecule has 0 saturated carbocycles. The average Bonchev–Trinajstić information content (AvgIpc) is 2.74. The maximum atomic E-state index is 13.1. The van der Waals surface area contributed by atoms with Crippen molar-refractivity contribution in [2.45, 2.75) is 33.8 Å². The van der Waals surface area contributed by atoms with Crippen molar-refractivity contribution in [3.8, 4) is 5.69 Å². The highest BCUT2D eigenvalue weighted by molar-refractivity contribution is 5.41. The molecule has 0 amide bonds. The Kier molecular flexibility index (Phi) is 5.60. The molecule has 0 aliphatic rings. The number of benzene rings is 1. The highest BCUT2D eigenvalue weighted by atomic mass is 19.1. The van der Waals surface area contributed by atoms with Crippen LogP contribution < -0.4 is 0 Å². The van der Waals surface area contributed by atoms with Crippen LogP contribution >= 0.6 is 0 Å². The molecule has 1 unspecified atom stereocenters. The number of likely N-dealkylation sites (N-methyl/N-ethyl adjacent to an activating group) is 1. The van der Waals surface area contributed by atoms with Crippen LogP contribution in [-0.4, -0.2) is 34.7 Å². The van der Waals surface area contributed by atoms with Gasteiger partial charge in [-0.3, -0.25) is 0 Å². The lowest BCUT2D eigenvalue weighted by Crippen LogP contribution is -2.28. The van der Waals surface area contributed by atoms with E-state index in [9.17, 15) is 9.50 Å². The number of halogens is 1. The number of hydrogen-bond acceptors (Lipinski definition) is 2. The van der Waals surface area contributed by atoms with Crippen LogP contribution in [0.25, 0.3) is 5.69 Å². The topological polar surface area (TPSA) is 28.4 Å². The van der Waals surface area contributed by atoms with E-state index in [1.807, 2.05) is 27.0 Å². The van der Waals surface area contributed by atoms with Crippen LogP contribution in [0.5, 0.6) is 0 Å². The molecule has 0 radical (unpaired) electrons. The van der Waals surface area contributed by atoms with Crippen LogP contribution in [0.3, 0.4) is 0 Å². The van der Waals surface area contributed by atoms with E-state index in [4.69, 9.17) is 0 Å². The first-order chi connectivity index (χ1) is 10.8. The predicted octanol–water partition coefficient (Wildman–Crippen LogP) is 3.85. The van der Waals surface area contributed by atoms with Gasteiger partial charge in [-0.15, -0.1) is 0 Å². The summed E-state index contributed by atoms with van der Waals surface area (Å²) in [6, 6.07) is 8.46. The van der Waals surface area contributed by atoms with E-state index in [-0.39, 0.29) is 5.82 Å². The average molecular weight is 318 g/mol. The molecule has 0 spiro atoms. The molecule has 1 atom stereocenters. The van der Waals surface area contributed by atoms with Gasteiger partial charge in [0.2, 0.25) is 0 Å². The Bertz CT molecular complexity index is 646. The minimum absolute atomic E-state index is 0.244. The third kappa shape index (κ3) is 4.21. The number of hydrogen-bond donors (Lipinski definition) is 1. The Morgan fingerprint density at radius 3 is 2.30 bits per heavy atom. The van der Waals surface area contributed by atoms with Crippen molar-refractivity contribution in [1.29, 1.82) is 0 Å². The van der Waals surface area contributed by atoms with Crippen molar-refractivity contribution in [2.24, 2.45) is 5.92 Å². The molecule has 23 heavy (non-hydrogen) atoms. The SMILES string of the molecule is Cc1cc(C(O)CN(C)CC(C)C)c(C)n1-c1ccc(F)cc1. The smallest absolute Gasteiger partial charge is 0.123 e. The van der Waals surface area contributed by atoms with Gasteiger partial charge in [-0.25, -0.2) is 4.39 Å². The normalized spacial score (nSPS) is 13.1. The van der Waals surface area contributed by atoms with Gasteiger partial charge in [-0.05, 0) is 57.1 Å². The molecule has 0 aliphatic heterocycles. The molecule has 0 bridgehead atoms. The van der Waals surface area contributed by atoms with Crippen LogP contribution in [0, 0.1) is 25.6 Å². The van der Waals surface area contributed by atoms with E-state index in [1.165, 1.54) is 12.1 Å². The van der Waals surface area contributed by atoms with Crippen molar-refractivity contribution in [3.05, 3.63) is 53.1 Å². The Labute approximate surface area is 138 Å². The summed E-state index contributed by atoms with van der Waals surface area (Å²) in [5.41, 5.74) is 3.88. The minimum atomic E-state index is -0.529. The lowest BCUT2D eigenvalue weighted by molar-refractivity contribution is 0.120. The Hall–Kier alpha value is -1.65. The van der Waals surface area contributed by atoms with Crippen LogP contribution in [0.2, 0.25) is 0 Å². The number of aryl methyl sites for hydroxylation is 1. The fourth-order valence-corrected chi connectivity index (χ4v) is 3.20. The maximum absolute atomic E-state index is 13.1. The van der Waals surface area contributed by atoms with Gasteiger partial charge in [-0.2, -0.15) is 0 Å². The largest absolute Gasteiger partial charge is 0.387 e. The van der Waals surface area contributed by atoms with Gasteiger partial charge in [-0.1, -0.05) is 13.8 Å². The third-order valence-corrected chi connectivity index (χ3v) is 4.08. The second kappa shape index (κ2) is 7.28. The van der Waals surface area contributed by atoms with E-state index in [2.05, 4.69) is 23.3 Å². The lowest BCUT2D eigenvalue weighted by atomic mass is 10.1. The zero-order valence-corrected chi connectivity index (χ0v) is 14.7. The molecule has 0 fully saturated rings. The summed E-state index contributed by atoms with van der Waals surface area (Å²) in [7, 11) is 2.03. The Morgan fingerprint density at radius 2 is 1.74 bits per heavy atom. The fraction of sp³-hybridized carbons (Fsp3) is 0.474. The van der Waals surface area contributed by atoms with Crippen molar-refractivity contribution < 1.29 is 9.50 Å². The highest BCUT2D eigenvalue weighted by Gasteiger charge is 2.19. The van der Waals surface area contributed by atoms with Gasteiger partial charge >= 0.3 is 0 Å². The fourth-order valence-electron chi connectivity index (χ4n) is 3.20. The molecule has 4 heteroatoms. The third-order valence-electron chi connectivity index (χ3n) is 4.08. The second-order valence-corrected chi connectivity index (χ2v) is 6.77. The molecular formula is C19H27FN2O. The number of aliphatic hydroxyl groups excluding tert-OH is 1. The second-order valence-electron chi connectivity index (χ2n) is 6.77. The molecule has 1 N–H and O–H groups in total. The number of aliphatic hydroxyl groups is 1. The first-order valence-corrected chi connectivity index (χ1v) is 8.11. The number of nitrogens with zero attached hydrogens (tertiary/aromatic N) is 2. The summed E-state index contributed by atoms with van der Waals surface area (Å²) in [5.74, 6) is 0.325. The van der Waals surface area contributed by atoms with E-state index in [0.717, 1.165) is 29.2 Å².